The first-order valence-corrected chi connectivity index (χ1v) is 15.8. The highest BCUT2D eigenvalue weighted by Gasteiger charge is 2.24. The highest BCUT2D eigenvalue weighted by Crippen LogP contribution is 2.37. The lowest BCUT2D eigenvalue weighted by molar-refractivity contribution is 0.174. The van der Waals surface area contributed by atoms with Gasteiger partial charge in [0.15, 0.2) is 11.5 Å². The van der Waals surface area contributed by atoms with Crippen LogP contribution in [0.15, 0.2) is 97.1 Å². The van der Waals surface area contributed by atoms with Gasteiger partial charge in [-0.1, -0.05) is 74.0 Å². The Kier molecular flexibility index (Phi) is 9.66. The number of imidazole rings is 1. The molecule has 7 nitrogen and oxygen atoms in total. The van der Waals surface area contributed by atoms with Crippen LogP contribution in [0.25, 0.3) is 22.6 Å². The number of unbranched alkanes of at least 4 members (excludes halogenated alkanes) is 1. The fourth-order valence-electron chi connectivity index (χ4n) is 5.90. The number of fused-ring (bicyclic) bond motifs is 1. The zero-order valence-electron chi connectivity index (χ0n) is 26.4. The minimum Gasteiger partial charge on any atom is -0.496 e. The summed E-state index contributed by atoms with van der Waals surface area (Å²) in [5.74, 6) is 4.25. The zero-order chi connectivity index (χ0) is 31.0. The predicted molar refractivity (Wildman–Crippen MR) is 178 cm³/mol. The highest BCUT2D eigenvalue weighted by atomic mass is 16.7. The number of benzene rings is 4. The van der Waals surface area contributed by atoms with Crippen LogP contribution in [0, 0.1) is 0 Å². The number of aromatic nitrogens is 2. The molecule has 6 rings (SSSR count). The Bertz CT molecular complexity index is 1720. The van der Waals surface area contributed by atoms with Crippen LogP contribution in [0.4, 0.5) is 0 Å². The first-order chi connectivity index (χ1) is 22.2. The summed E-state index contributed by atoms with van der Waals surface area (Å²) in [7, 11) is 1.72. The van der Waals surface area contributed by atoms with E-state index in [2.05, 4.69) is 83.1 Å². The Labute approximate surface area is 266 Å². The third-order valence-electron chi connectivity index (χ3n) is 8.03. The van der Waals surface area contributed by atoms with Crippen LogP contribution >= 0.6 is 0 Å². The molecule has 0 atom stereocenters. The number of nitrogens with zero attached hydrogens (tertiary/aromatic N) is 3. The average molecular weight is 604 g/mol. The van der Waals surface area contributed by atoms with Crippen LogP contribution in [-0.2, 0) is 26.2 Å². The Morgan fingerprint density at radius 1 is 0.800 bits per heavy atom. The van der Waals surface area contributed by atoms with Crippen LogP contribution < -0.4 is 18.9 Å². The lowest BCUT2D eigenvalue weighted by atomic mass is 10.1. The van der Waals surface area contributed by atoms with Gasteiger partial charge in [-0.15, -0.1) is 0 Å². The summed E-state index contributed by atoms with van der Waals surface area (Å²) in [5.41, 5.74) is 6.53. The van der Waals surface area contributed by atoms with E-state index in [0.717, 1.165) is 82.8 Å². The summed E-state index contributed by atoms with van der Waals surface area (Å²) < 4.78 is 25.5. The Balaban J connectivity index is 1.46. The molecule has 0 unspecified atom stereocenters. The molecule has 0 saturated carbocycles. The van der Waals surface area contributed by atoms with E-state index >= 15 is 0 Å². The van der Waals surface area contributed by atoms with Crippen LogP contribution in [0.5, 0.6) is 23.0 Å². The maximum atomic E-state index is 5.86. The second-order valence-corrected chi connectivity index (χ2v) is 11.2. The fraction of sp³-hybridized carbons (Fsp3) is 0.289. The van der Waals surface area contributed by atoms with Crippen LogP contribution in [-0.4, -0.2) is 35.0 Å². The molecule has 0 aliphatic carbocycles. The SMILES string of the molecule is CCCCn1c(-c2ccccc2)nc(-c2ccccc2OC)c1CN(Cc1cccc(OCC)c1)Cc1ccc2c(c1)OCO2. The van der Waals surface area contributed by atoms with Gasteiger partial charge in [-0.25, -0.2) is 4.98 Å². The number of methoxy groups -OCH3 is 1. The smallest absolute Gasteiger partial charge is 0.231 e. The number of ether oxygens (including phenoxy) is 4. The van der Waals surface area contributed by atoms with Crippen LogP contribution in [0.3, 0.4) is 0 Å². The molecule has 1 aliphatic rings. The van der Waals surface area contributed by atoms with Gasteiger partial charge in [0.2, 0.25) is 6.79 Å². The minimum absolute atomic E-state index is 0.258. The minimum atomic E-state index is 0.258. The van der Waals surface area contributed by atoms with Gasteiger partial charge in [0.1, 0.15) is 17.3 Å². The predicted octanol–water partition coefficient (Wildman–Crippen LogP) is 8.36. The number of rotatable bonds is 14. The molecule has 2 heterocycles. The molecule has 0 spiro atoms. The van der Waals surface area contributed by atoms with E-state index in [-0.39, 0.29) is 6.79 Å². The molecule has 0 fully saturated rings. The van der Waals surface area contributed by atoms with Gasteiger partial charge < -0.3 is 23.5 Å². The molecule has 0 amide bonds. The molecule has 5 aromatic rings. The first-order valence-electron chi connectivity index (χ1n) is 15.8. The summed E-state index contributed by atoms with van der Waals surface area (Å²) in [6, 6.07) is 33.3. The van der Waals surface area contributed by atoms with E-state index in [1.54, 1.807) is 7.11 Å². The van der Waals surface area contributed by atoms with Gasteiger partial charge in [0.05, 0.1) is 25.1 Å². The van der Waals surface area contributed by atoms with E-state index in [9.17, 15) is 0 Å². The Hall–Kier alpha value is -4.75. The first kappa shape index (κ1) is 30.3. The lowest BCUT2D eigenvalue weighted by Crippen LogP contribution is -2.24. The zero-order valence-corrected chi connectivity index (χ0v) is 26.4. The van der Waals surface area contributed by atoms with Crippen molar-refractivity contribution < 1.29 is 18.9 Å². The topological polar surface area (TPSA) is 58.0 Å². The average Bonchev–Trinajstić information content (AvgIpc) is 3.69. The largest absolute Gasteiger partial charge is 0.496 e. The molecule has 0 radical (unpaired) electrons. The van der Waals surface area contributed by atoms with Crippen LogP contribution in [0.1, 0.15) is 43.5 Å². The molecule has 1 aliphatic heterocycles. The van der Waals surface area contributed by atoms with Gasteiger partial charge in [0, 0.05) is 37.3 Å². The molecule has 0 saturated heterocycles. The number of hydrogen-bond acceptors (Lipinski definition) is 6. The van der Waals surface area contributed by atoms with Crippen molar-refractivity contribution in [2.24, 2.45) is 0 Å². The molecule has 0 bridgehead atoms. The molecular formula is C38H41N3O4. The maximum Gasteiger partial charge on any atom is 0.231 e. The summed E-state index contributed by atoms with van der Waals surface area (Å²) >= 11 is 0. The van der Waals surface area contributed by atoms with E-state index in [0.29, 0.717) is 19.7 Å². The van der Waals surface area contributed by atoms with E-state index in [1.807, 2.05) is 37.3 Å². The third-order valence-corrected chi connectivity index (χ3v) is 8.03. The molecule has 45 heavy (non-hydrogen) atoms. The van der Waals surface area contributed by atoms with Gasteiger partial charge in [-0.05, 0) is 60.9 Å². The number of hydrogen-bond donors (Lipinski definition) is 0. The third kappa shape index (κ3) is 6.99. The van der Waals surface area contributed by atoms with Crippen molar-refractivity contribution in [1.82, 2.24) is 14.5 Å². The van der Waals surface area contributed by atoms with Crippen molar-refractivity contribution in [1.29, 1.82) is 0 Å². The van der Waals surface area contributed by atoms with Crippen molar-refractivity contribution in [2.75, 3.05) is 20.5 Å². The van der Waals surface area contributed by atoms with Crippen molar-refractivity contribution in [2.45, 2.75) is 52.9 Å². The molecule has 7 heteroatoms. The summed E-state index contributed by atoms with van der Waals surface area (Å²) in [6.45, 7) is 8.11. The highest BCUT2D eigenvalue weighted by molar-refractivity contribution is 5.73. The lowest BCUT2D eigenvalue weighted by Gasteiger charge is -2.25. The molecule has 1 aromatic heterocycles. The van der Waals surface area contributed by atoms with Crippen molar-refractivity contribution in [3.63, 3.8) is 0 Å². The van der Waals surface area contributed by atoms with Gasteiger partial charge in [0.25, 0.3) is 0 Å². The van der Waals surface area contributed by atoms with Gasteiger partial charge in [-0.2, -0.15) is 0 Å². The van der Waals surface area contributed by atoms with E-state index in [1.165, 1.54) is 5.56 Å². The second-order valence-electron chi connectivity index (χ2n) is 11.2. The summed E-state index contributed by atoms with van der Waals surface area (Å²) in [4.78, 5) is 7.83. The van der Waals surface area contributed by atoms with Gasteiger partial charge >= 0.3 is 0 Å². The van der Waals surface area contributed by atoms with Crippen molar-refractivity contribution >= 4 is 0 Å². The second kappa shape index (κ2) is 14.4. The maximum absolute atomic E-state index is 5.86. The Morgan fingerprint density at radius 2 is 1.58 bits per heavy atom. The van der Waals surface area contributed by atoms with Gasteiger partial charge in [-0.3, -0.25) is 4.90 Å². The molecule has 4 aromatic carbocycles. The summed E-state index contributed by atoms with van der Waals surface area (Å²) in [5, 5.41) is 0. The monoisotopic (exact) mass is 603 g/mol. The summed E-state index contributed by atoms with van der Waals surface area (Å²) in [6.07, 6.45) is 2.13. The standard InChI is InChI=1S/C38H41N3O4/c1-4-6-21-41-33(37(32-17-10-11-18-34(32)42-3)39-38(41)30-14-8-7-9-15-30)26-40(24-28-13-12-16-31(22-28)43-5-2)25-29-19-20-35-36(23-29)45-27-44-35/h7-20,22-23H,4-6,21,24-27H2,1-3H3. The Morgan fingerprint density at radius 3 is 2.38 bits per heavy atom. The van der Waals surface area contributed by atoms with Crippen molar-refractivity contribution in [3.8, 4) is 45.6 Å². The fourth-order valence-corrected chi connectivity index (χ4v) is 5.90. The molecule has 232 valence electrons. The normalized spacial score (nSPS) is 12.1. The van der Waals surface area contributed by atoms with Crippen LogP contribution in [0.2, 0.25) is 0 Å². The van der Waals surface area contributed by atoms with E-state index < -0.39 is 0 Å². The molecular weight excluding hydrogens is 562 g/mol. The molecule has 0 N–H and O–H groups in total. The van der Waals surface area contributed by atoms with E-state index in [4.69, 9.17) is 23.9 Å². The van der Waals surface area contributed by atoms with Crippen molar-refractivity contribution in [3.05, 3.63) is 114 Å². The number of para-hydroxylation sites is 1. The quantitative estimate of drug-likeness (QED) is 0.127.